The topological polar surface area (TPSA) is 28.7 Å². The van der Waals surface area contributed by atoms with Crippen LogP contribution in [0.5, 0.6) is 0 Å². The molecular formula is C8H6Cl2N2. The van der Waals surface area contributed by atoms with E-state index in [-0.39, 0.29) is 0 Å². The predicted octanol–water partition coefficient (Wildman–Crippen LogP) is 3.18. The van der Waals surface area contributed by atoms with E-state index < -0.39 is 0 Å². The highest BCUT2D eigenvalue weighted by molar-refractivity contribution is 6.36. The van der Waals surface area contributed by atoms with Crippen LogP contribution < -0.4 is 0 Å². The van der Waals surface area contributed by atoms with E-state index in [4.69, 9.17) is 23.2 Å². The number of aromatic amines is 1. The van der Waals surface area contributed by atoms with Crippen LogP contribution in [-0.4, -0.2) is 10.2 Å². The molecular weight excluding hydrogens is 195 g/mol. The van der Waals surface area contributed by atoms with E-state index in [0.29, 0.717) is 10.2 Å². The fraction of sp³-hybridized carbons (Fsp3) is 0.125. The Balaban J connectivity index is 2.96. The van der Waals surface area contributed by atoms with Crippen LogP contribution in [0.25, 0.3) is 10.9 Å². The maximum atomic E-state index is 5.92. The molecule has 2 rings (SSSR count). The quantitative estimate of drug-likeness (QED) is 0.696. The summed E-state index contributed by atoms with van der Waals surface area (Å²) in [5.74, 6) is 0. The number of benzene rings is 1. The fourth-order valence-electron chi connectivity index (χ4n) is 1.21. The van der Waals surface area contributed by atoms with E-state index in [9.17, 15) is 0 Å². The third-order valence-electron chi connectivity index (χ3n) is 1.88. The molecule has 1 N–H and O–H groups in total. The van der Waals surface area contributed by atoms with Gasteiger partial charge in [0.15, 0.2) is 5.15 Å². The minimum absolute atomic E-state index is 0.477. The van der Waals surface area contributed by atoms with Gasteiger partial charge in [0.1, 0.15) is 0 Å². The molecule has 1 aromatic heterocycles. The zero-order valence-corrected chi connectivity index (χ0v) is 7.87. The average Bonchev–Trinajstić information content (AvgIpc) is 2.41. The molecule has 0 spiro atoms. The molecule has 12 heavy (non-hydrogen) atoms. The van der Waals surface area contributed by atoms with Crippen LogP contribution >= 0.6 is 23.2 Å². The highest BCUT2D eigenvalue weighted by Crippen LogP contribution is 2.28. The Morgan fingerprint density at radius 2 is 2.08 bits per heavy atom. The Morgan fingerprint density at radius 3 is 2.83 bits per heavy atom. The Hall–Kier alpha value is -0.730. The third kappa shape index (κ3) is 0.993. The van der Waals surface area contributed by atoms with E-state index in [1.165, 1.54) is 0 Å². The SMILES string of the molecule is Cc1c(Cl)ccc2[nH]nc(Cl)c12. The van der Waals surface area contributed by atoms with Crippen molar-refractivity contribution in [2.75, 3.05) is 0 Å². The van der Waals surface area contributed by atoms with E-state index >= 15 is 0 Å². The Labute approximate surface area is 79.5 Å². The van der Waals surface area contributed by atoms with Crippen molar-refractivity contribution in [2.24, 2.45) is 0 Å². The monoisotopic (exact) mass is 200 g/mol. The van der Waals surface area contributed by atoms with Crippen molar-refractivity contribution in [3.05, 3.63) is 27.9 Å². The Kier molecular flexibility index (Phi) is 1.74. The largest absolute Gasteiger partial charge is 0.276 e. The lowest BCUT2D eigenvalue weighted by Crippen LogP contribution is -1.76. The number of aryl methyl sites for hydroxylation is 1. The second kappa shape index (κ2) is 2.64. The smallest absolute Gasteiger partial charge is 0.158 e. The molecule has 0 saturated carbocycles. The first-order valence-corrected chi connectivity index (χ1v) is 4.24. The number of hydrogen-bond acceptors (Lipinski definition) is 1. The molecule has 0 unspecified atom stereocenters. The van der Waals surface area contributed by atoms with Crippen molar-refractivity contribution in [3.8, 4) is 0 Å². The van der Waals surface area contributed by atoms with Gasteiger partial charge in [0.2, 0.25) is 0 Å². The van der Waals surface area contributed by atoms with Crippen LogP contribution in [0.4, 0.5) is 0 Å². The molecule has 0 radical (unpaired) electrons. The summed E-state index contributed by atoms with van der Waals surface area (Å²) < 4.78 is 0. The van der Waals surface area contributed by atoms with Gasteiger partial charge in [-0.2, -0.15) is 5.10 Å². The van der Waals surface area contributed by atoms with Crippen LogP contribution in [0.2, 0.25) is 10.2 Å². The molecule has 0 aliphatic rings. The third-order valence-corrected chi connectivity index (χ3v) is 2.56. The molecule has 0 bridgehead atoms. The van der Waals surface area contributed by atoms with Crippen LogP contribution in [0.3, 0.4) is 0 Å². The number of nitrogens with one attached hydrogen (secondary N) is 1. The van der Waals surface area contributed by atoms with Crippen molar-refractivity contribution in [2.45, 2.75) is 6.92 Å². The summed E-state index contributed by atoms with van der Waals surface area (Å²) in [6, 6.07) is 3.69. The molecule has 1 heterocycles. The summed E-state index contributed by atoms with van der Waals surface area (Å²) in [5, 5.41) is 8.79. The van der Waals surface area contributed by atoms with Crippen molar-refractivity contribution in [1.29, 1.82) is 0 Å². The zero-order chi connectivity index (χ0) is 8.72. The number of nitrogens with zero attached hydrogens (tertiary/aromatic N) is 1. The number of halogens is 2. The van der Waals surface area contributed by atoms with Gasteiger partial charge in [-0.05, 0) is 24.6 Å². The summed E-state index contributed by atoms with van der Waals surface area (Å²) in [7, 11) is 0. The first-order chi connectivity index (χ1) is 5.70. The van der Waals surface area contributed by atoms with Crippen LogP contribution in [-0.2, 0) is 0 Å². The number of fused-ring (bicyclic) bond motifs is 1. The lowest BCUT2D eigenvalue weighted by atomic mass is 10.1. The molecule has 4 heteroatoms. The molecule has 0 atom stereocenters. The first-order valence-electron chi connectivity index (χ1n) is 3.49. The molecule has 2 nitrogen and oxygen atoms in total. The number of hydrogen-bond donors (Lipinski definition) is 1. The molecule has 1 aromatic carbocycles. The van der Waals surface area contributed by atoms with Gasteiger partial charge in [-0.15, -0.1) is 0 Å². The Morgan fingerprint density at radius 1 is 1.33 bits per heavy atom. The molecule has 62 valence electrons. The van der Waals surface area contributed by atoms with Gasteiger partial charge >= 0.3 is 0 Å². The van der Waals surface area contributed by atoms with Gasteiger partial charge in [-0.1, -0.05) is 23.2 Å². The molecule has 0 aliphatic carbocycles. The van der Waals surface area contributed by atoms with Crippen LogP contribution in [0.15, 0.2) is 12.1 Å². The van der Waals surface area contributed by atoms with Gasteiger partial charge in [0, 0.05) is 10.4 Å². The van der Waals surface area contributed by atoms with Gasteiger partial charge in [-0.25, -0.2) is 0 Å². The summed E-state index contributed by atoms with van der Waals surface area (Å²) in [5.41, 5.74) is 1.88. The second-order valence-electron chi connectivity index (χ2n) is 2.61. The maximum Gasteiger partial charge on any atom is 0.158 e. The van der Waals surface area contributed by atoms with Crippen molar-refractivity contribution >= 4 is 34.1 Å². The summed E-state index contributed by atoms with van der Waals surface area (Å²) >= 11 is 11.8. The lowest BCUT2D eigenvalue weighted by molar-refractivity contribution is 1.12. The van der Waals surface area contributed by atoms with Crippen LogP contribution in [0.1, 0.15) is 5.56 Å². The summed E-state index contributed by atoms with van der Waals surface area (Å²) in [4.78, 5) is 0. The fourth-order valence-corrected chi connectivity index (χ4v) is 1.65. The lowest BCUT2D eigenvalue weighted by Gasteiger charge is -1.97. The predicted molar refractivity (Wildman–Crippen MR) is 50.9 cm³/mol. The van der Waals surface area contributed by atoms with Gasteiger partial charge < -0.3 is 0 Å². The van der Waals surface area contributed by atoms with E-state index in [1.807, 2.05) is 19.1 Å². The van der Waals surface area contributed by atoms with Gasteiger partial charge in [0.25, 0.3) is 0 Å². The number of rotatable bonds is 0. The molecule has 0 aliphatic heterocycles. The number of H-pyrrole nitrogens is 1. The molecule has 0 fully saturated rings. The second-order valence-corrected chi connectivity index (χ2v) is 3.37. The van der Waals surface area contributed by atoms with E-state index in [1.54, 1.807) is 0 Å². The van der Waals surface area contributed by atoms with Gasteiger partial charge in [0.05, 0.1) is 5.52 Å². The van der Waals surface area contributed by atoms with E-state index in [2.05, 4.69) is 10.2 Å². The minimum atomic E-state index is 0.477. The van der Waals surface area contributed by atoms with Crippen molar-refractivity contribution in [3.63, 3.8) is 0 Å². The molecule has 0 amide bonds. The maximum absolute atomic E-state index is 5.92. The first kappa shape index (κ1) is 7.90. The highest BCUT2D eigenvalue weighted by Gasteiger charge is 2.07. The van der Waals surface area contributed by atoms with E-state index in [0.717, 1.165) is 16.5 Å². The highest BCUT2D eigenvalue weighted by atomic mass is 35.5. The summed E-state index contributed by atoms with van der Waals surface area (Å²) in [6.45, 7) is 1.92. The average molecular weight is 201 g/mol. The number of aromatic nitrogens is 2. The van der Waals surface area contributed by atoms with Crippen molar-refractivity contribution < 1.29 is 0 Å². The summed E-state index contributed by atoms with van der Waals surface area (Å²) in [6.07, 6.45) is 0. The van der Waals surface area contributed by atoms with Crippen LogP contribution in [0, 0.1) is 6.92 Å². The standard InChI is InChI=1S/C8H6Cl2N2/c1-4-5(9)2-3-6-7(4)8(10)12-11-6/h2-3H,1H3,(H,11,12). The molecule has 0 saturated heterocycles. The molecule has 2 aromatic rings. The minimum Gasteiger partial charge on any atom is -0.276 e. The normalized spacial score (nSPS) is 10.9. The van der Waals surface area contributed by atoms with Crippen molar-refractivity contribution in [1.82, 2.24) is 10.2 Å². The van der Waals surface area contributed by atoms with Gasteiger partial charge in [-0.3, -0.25) is 5.10 Å². The zero-order valence-electron chi connectivity index (χ0n) is 6.36. The Bertz CT molecular complexity index is 434.